The van der Waals surface area contributed by atoms with E-state index in [-0.39, 0.29) is 0 Å². The second-order valence-corrected chi connectivity index (χ2v) is 2.55. The van der Waals surface area contributed by atoms with Gasteiger partial charge in [-0.25, -0.2) is 0 Å². The Balaban J connectivity index is 2.57. The van der Waals surface area contributed by atoms with Crippen molar-refractivity contribution in [3.05, 3.63) is 0 Å². The molecule has 1 rings (SSSR count). The molecule has 70 valence electrons. The average molecular weight is 183 g/mol. The van der Waals surface area contributed by atoms with E-state index in [1.807, 2.05) is 0 Å². The lowest BCUT2D eigenvalue weighted by atomic mass is 10.2. The Bertz CT molecular complexity index is 192. The van der Waals surface area contributed by atoms with E-state index in [1.165, 1.54) is 6.92 Å². The second-order valence-electron chi connectivity index (χ2n) is 2.55. The number of rotatable bonds is 0. The van der Waals surface area contributed by atoms with Gasteiger partial charge in [0, 0.05) is 0 Å². The van der Waals surface area contributed by atoms with E-state index >= 15 is 0 Å². The van der Waals surface area contributed by atoms with Gasteiger partial charge in [-0.2, -0.15) is 13.2 Å². The largest absolute Gasteiger partial charge is 0.416 e. The lowest BCUT2D eigenvalue weighted by Crippen LogP contribution is -2.53. The molecule has 0 spiro atoms. The van der Waals surface area contributed by atoms with Crippen LogP contribution in [0.1, 0.15) is 6.92 Å². The van der Waals surface area contributed by atoms with Crippen molar-refractivity contribution in [2.24, 2.45) is 0 Å². The number of ether oxygens (including phenoxy) is 1. The summed E-state index contributed by atoms with van der Waals surface area (Å²) in [7, 11) is 0. The van der Waals surface area contributed by atoms with Crippen LogP contribution in [0.25, 0.3) is 0 Å². The summed E-state index contributed by atoms with van der Waals surface area (Å²) in [6.07, 6.45) is -7.29. The molecule has 3 nitrogen and oxygen atoms in total. The van der Waals surface area contributed by atoms with Crippen LogP contribution >= 0.6 is 0 Å². The van der Waals surface area contributed by atoms with Crippen molar-refractivity contribution in [3.8, 4) is 0 Å². The Morgan fingerprint density at radius 3 is 2.58 bits per heavy atom. The molecule has 0 aromatic rings. The van der Waals surface area contributed by atoms with E-state index in [9.17, 15) is 18.0 Å². The monoisotopic (exact) mass is 183 g/mol. The Morgan fingerprint density at radius 1 is 1.58 bits per heavy atom. The van der Waals surface area contributed by atoms with Crippen molar-refractivity contribution in [2.75, 3.05) is 6.54 Å². The van der Waals surface area contributed by atoms with Crippen LogP contribution in [0, 0.1) is 0 Å². The summed E-state index contributed by atoms with van der Waals surface area (Å²) in [6.45, 7) is 0.792. The Morgan fingerprint density at radius 2 is 2.17 bits per heavy atom. The van der Waals surface area contributed by atoms with Crippen molar-refractivity contribution in [1.29, 1.82) is 0 Å². The smallest absolute Gasteiger partial charge is 0.354 e. The van der Waals surface area contributed by atoms with Crippen molar-refractivity contribution in [3.63, 3.8) is 0 Å². The molecule has 0 unspecified atom stereocenters. The quantitative estimate of drug-likeness (QED) is 0.592. The lowest BCUT2D eigenvalue weighted by Gasteiger charge is -2.29. The minimum atomic E-state index is -4.40. The van der Waals surface area contributed by atoms with Crippen LogP contribution in [0.5, 0.6) is 0 Å². The minimum absolute atomic E-state index is 0.493. The summed E-state index contributed by atoms with van der Waals surface area (Å²) in [4.78, 5) is 10.7. The first-order chi connectivity index (χ1) is 5.41. The number of hydrogen-bond acceptors (Lipinski definition) is 2. The first-order valence-electron chi connectivity index (χ1n) is 3.41. The third-order valence-corrected chi connectivity index (χ3v) is 1.56. The van der Waals surface area contributed by atoms with Gasteiger partial charge in [0.05, 0.1) is 6.54 Å². The Hall–Kier alpha value is -0.780. The second kappa shape index (κ2) is 2.93. The van der Waals surface area contributed by atoms with Crippen molar-refractivity contribution in [1.82, 2.24) is 5.32 Å². The molecular weight excluding hydrogens is 175 g/mol. The number of halogens is 3. The fourth-order valence-corrected chi connectivity index (χ4v) is 0.886. The molecule has 0 aromatic carbocycles. The van der Waals surface area contributed by atoms with Crippen molar-refractivity contribution >= 4 is 5.91 Å². The Labute approximate surface area is 66.9 Å². The SMILES string of the molecule is C[C@@H]1O[C@@H](C(F)(F)F)CNC1=O. The molecule has 0 bridgehead atoms. The van der Waals surface area contributed by atoms with Gasteiger partial charge in [0.15, 0.2) is 6.10 Å². The maximum atomic E-state index is 12.0. The highest BCUT2D eigenvalue weighted by Gasteiger charge is 2.44. The van der Waals surface area contributed by atoms with E-state index in [2.05, 4.69) is 10.1 Å². The summed E-state index contributed by atoms with van der Waals surface area (Å²) in [6, 6.07) is 0. The molecule has 1 aliphatic heterocycles. The predicted molar refractivity (Wildman–Crippen MR) is 33.4 cm³/mol. The molecule has 1 amide bonds. The van der Waals surface area contributed by atoms with Crippen LogP contribution in [0.3, 0.4) is 0 Å². The summed E-state index contributed by atoms with van der Waals surface area (Å²) < 4.78 is 40.3. The topological polar surface area (TPSA) is 38.3 Å². The van der Waals surface area contributed by atoms with Gasteiger partial charge in [0.2, 0.25) is 5.91 Å². The molecule has 6 heteroatoms. The van der Waals surface area contributed by atoms with Gasteiger partial charge >= 0.3 is 6.18 Å². The number of hydrogen-bond donors (Lipinski definition) is 1. The van der Waals surface area contributed by atoms with Gasteiger partial charge in [-0.1, -0.05) is 0 Å². The summed E-state index contributed by atoms with van der Waals surface area (Å²) in [5, 5.41) is 2.10. The van der Waals surface area contributed by atoms with Crippen molar-refractivity contribution < 1.29 is 22.7 Å². The van der Waals surface area contributed by atoms with E-state index in [4.69, 9.17) is 0 Å². The highest BCUT2D eigenvalue weighted by atomic mass is 19.4. The molecule has 2 atom stereocenters. The van der Waals surface area contributed by atoms with Gasteiger partial charge in [0.1, 0.15) is 6.10 Å². The van der Waals surface area contributed by atoms with Crippen LogP contribution in [-0.2, 0) is 9.53 Å². The molecule has 0 aliphatic carbocycles. The van der Waals surface area contributed by atoms with Gasteiger partial charge < -0.3 is 10.1 Å². The molecule has 1 heterocycles. The average Bonchev–Trinajstić information content (AvgIpc) is 1.92. The fraction of sp³-hybridized carbons (Fsp3) is 0.833. The van der Waals surface area contributed by atoms with E-state index < -0.39 is 30.8 Å². The maximum Gasteiger partial charge on any atom is 0.416 e. The van der Waals surface area contributed by atoms with Crippen LogP contribution in [0.4, 0.5) is 13.2 Å². The van der Waals surface area contributed by atoms with Gasteiger partial charge in [-0.15, -0.1) is 0 Å². The zero-order valence-electron chi connectivity index (χ0n) is 6.31. The number of carbonyl (C=O) groups excluding carboxylic acids is 1. The number of alkyl halides is 3. The van der Waals surface area contributed by atoms with Crippen LogP contribution in [-0.4, -0.2) is 30.8 Å². The van der Waals surface area contributed by atoms with Gasteiger partial charge in [-0.3, -0.25) is 4.79 Å². The van der Waals surface area contributed by atoms with E-state index in [0.29, 0.717) is 0 Å². The van der Waals surface area contributed by atoms with Gasteiger partial charge in [-0.05, 0) is 6.92 Å². The van der Waals surface area contributed by atoms with E-state index in [1.54, 1.807) is 0 Å². The highest BCUT2D eigenvalue weighted by Crippen LogP contribution is 2.25. The van der Waals surface area contributed by atoms with Crippen LogP contribution < -0.4 is 5.32 Å². The first-order valence-corrected chi connectivity index (χ1v) is 3.41. The fourth-order valence-electron chi connectivity index (χ4n) is 0.886. The van der Waals surface area contributed by atoms with Crippen LogP contribution in [0.2, 0.25) is 0 Å². The summed E-state index contributed by atoms with van der Waals surface area (Å²) in [5.41, 5.74) is 0. The number of nitrogens with one attached hydrogen (secondary N) is 1. The molecule has 1 N–H and O–H groups in total. The maximum absolute atomic E-state index is 12.0. The molecule has 1 fully saturated rings. The standard InChI is InChI=1S/C6H8F3NO2/c1-3-5(11)10-2-4(12-3)6(7,8)9/h3-4H,2H2,1H3,(H,10,11)/t3-,4+/m0/s1. The van der Waals surface area contributed by atoms with Gasteiger partial charge in [0.25, 0.3) is 0 Å². The number of carbonyl (C=O) groups is 1. The molecule has 1 aliphatic rings. The number of amides is 1. The number of morpholine rings is 1. The summed E-state index contributed by atoms with van der Waals surface area (Å²) >= 11 is 0. The predicted octanol–water partition coefficient (Wildman–Crippen LogP) is 0.452. The third-order valence-electron chi connectivity index (χ3n) is 1.56. The first kappa shape index (κ1) is 9.31. The lowest BCUT2D eigenvalue weighted by molar-refractivity contribution is -0.235. The molecular formula is C6H8F3NO2. The molecule has 0 aromatic heterocycles. The molecule has 0 saturated carbocycles. The normalized spacial score (nSPS) is 31.5. The molecule has 0 radical (unpaired) electrons. The molecule has 1 saturated heterocycles. The molecule has 12 heavy (non-hydrogen) atoms. The van der Waals surface area contributed by atoms with Crippen LogP contribution in [0.15, 0.2) is 0 Å². The third kappa shape index (κ3) is 1.88. The highest BCUT2D eigenvalue weighted by molar-refractivity contribution is 5.80. The zero-order valence-corrected chi connectivity index (χ0v) is 6.31. The van der Waals surface area contributed by atoms with E-state index in [0.717, 1.165) is 0 Å². The summed E-state index contributed by atoms with van der Waals surface area (Å²) in [5.74, 6) is -0.504. The minimum Gasteiger partial charge on any atom is -0.354 e. The van der Waals surface area contributed by atoms with Crippen molar-refractivity contribution in [2.45, 2.75) is 25.3 Å². The zero-order chi connectivity index (χ0) is 9.35. The Kier molecular flexibility index (Phi) is 2.27.